The molecule has 2 heterocycles. The molecule has 6 nitrogen and oxygen atoms in total. The number of amides is 3. The molecule has 0 spiro atoms. The standard InChI is InChI=1S/C23H25N3O3/c27-21-16-25(23(29)20-8-4-5-13-26(20)21)15-18-9-11-19(12-10-18)22(28)24-14-17-6-2-1-3-7-17/h1-3,6-7,9-12,20H,4-5,8,13-16H2,(H,24,28)/t20-/m0/s1. The number of carbonyl (C=O) groups is 3. The zero-order valence-corrected chi connectivity index (χ0v) is 16.3. The molecule has 2 aromatic rings. The largest absolute Gasteiger partial charge is 0.348 e. The summed E-state index contributed by atoms with van der Waals surface area (Å²) in [4.78, 5) is 40.9. The Bertz CT molecular complexity index is 895. The minimum Gasteiger partial charge on any atom is -0.348 e. The van der Waals surface area contributed by atoms with E-state index >= 15 is 0 Å². The number of hydrogen-bond acceptors (Lipinski definition) is 3. The van der Waals surface area contributed by atoms with Crippen LogP contribution in [-0.4, -0.2) is 46.7 Å². The topological polar surface area (TPSA) is 69.7 Å². The normalized spacial score (nSPS) is 19.1. The van der Waals surface area contributed by atoms with E-state index in [0.717, 1.165) is 30.4 Å². The van der Waals surface area contributed by atoms with Crippen LogP contribution in [0.25, 0.3) is 0 Å². The first-order valence-electron chi connectivity index (χ1n) is 10.1. The van der Waals surface area contributed by atoms with E-state index < -0.39 is 0 Å². The van der Waals surface area contributed by atoms with Gasteiger partial charge in [0.2, 0.25) is 11.8 Å². The van der Waals surface area contributed by atoms with Gasteiger partial charge in [0.1, 0.15) is 12.6 Å². The lowest BCUT2D eigenvalue weighted by molar-refractivity contribution is -0.158. The van der Waals surface area contributed by atoms with Crippen molar-refractivity contribution in [1.82, 2.24) is 15.1 Å². The summed E-state index contributed by atoms with van der Waals surface area (Å²) in [5, 5.41) is 2.91. The summed E-state index contributed by atoms with van der Waals surface area (Å²) >= 11 is 0. The quantitative estimate of drug-likeness (QED) is 0.851. The summed E-state index contributed by atoms with van der Waals surface area (Å²) < 4.78 is 0. The molecular formula is C23H25N3O3. The molecule has 4 rings (SSSR count). The van der Waals surface area contributed by atoms with Crippen molar-refractivity contribution in [3.05, 3.63) is 71.3 Å². The zero-order chi connectivity index (χ0) is 20.2. The molecule has 0 bridgehead atoms. The van der Waals surface area contributed by atoms with Crippen LogP contribution in [0.3, 0.4) is 0 Å². The number of fused-ring (bicyclic) bond motifs is 1. The van der Waals surface area contributed by atoms with E-state index in [2.05, 4.69) is 5.32 Å². The smallest absolute Gasteiger partial charge is 0.251 e. The number of hydrogen-bond donors (Lipinski definition) is 1. The third-order valence-electron chi connectivity index (χ3n) is 5.63. The Morgan fingerprint density at radius 3 is 2.48 bits per heavy atom. The molecule has 2 aliphatic heterocycles. The van der Waals surface area contributed by atoms with Crippen molar-refractivity contribution in [3.63, 3.8) is 0 Å². The molecule has 0 radical (unpaired) electrons. The molecular weight excluding hydrogens is 366 g/mol. The number of carbonyl (C=O) groups excluding carboxylic acids is 3. The van der Waals surface area contributed by atoms with Gasteiger partial charge in [-0.05, 0) is 42.5 Å². The van der Waals surface area contributed by atoms with Crippen molar-refractivity contribution < 1.29 is 14.4 Å². The highest BCUT2D eigenvalue weighted by atomic mass is 16.2. The average molecular weight is 391 g/mol. The molecule has 0 aromatic heterocycles. The number of nitrogens with one attached hydrogen (secondary N) is 1. The summed E-state index contributed by atoms with van der Waals surface area (Å²) in [5.41, 5.74) is 2.53. The van der Waals surface area contributed by atoms with Crippen LogP contribution in [0.15, 0.2) is 54.6 Å². The van der Waals surface area contributed by atoms with Gasteiger partial charge in [-0.2, -0.15) is 0 Å². The van der Waals surface area contributed by atoms with Crippen molar-refractivity contribution in [2.45, 2.75) is 38.4 Å². The Labute approximate surface area is 170 Å². The van der Waals surface area contributed by atoms with Gasteiger partial charge in [-0.15, -0.1) is 0 Å². The highest BCUT2D eigenvalue weighted by Gasteiger charge is 2.40. The second-order valence-electron chi connectivity index (χ2n) is 7.66. The van der Waals surface area contributed by atoms with Gasteiger partial charge in [0.25, 0.3) is 5.91 Å². The first-order valence-corrected chi connectivity index (χ1v) is 10.1. The van der Waals surface area contributed by atoms with Crippen LogP contribution < -0.4 is 5.32 Å². The fourth-order valence-electron chi connectivity index (χ4n) is 4.03. The SMILES string of the molecule is O=C(NCc1ccccc1)c1ccc(CN2CC(=O)N3CCCC[C@H]3C2=O)cc1. The lowest BCUT2D eigenvalue weighted by Gasteiger charge is -2.42. The molecule has 1 atom stereocenters. The van der Waals surface area contributed by atoms with E-state index in [1.54, 1.807) is 21.9 Å². The predicted molar refractivity (Wildman–Crippen MR) is 109 cm³/mol. The van der Waals surface area contributed by atoms with Gasteiger partial charge in [-0.25, -0.2) is 0 Å². The minimum absolute atomic E-state index is 0.0335. The van der Waals surface area contributed by atoms with E-state index in [4.69, 9.17) is 0 Å². The zero-order valence-electron chi connectivity index (χ0n) is 16.3. The van der Waals surface area contributed by atoms with Crippen LogP contribution in [0.2, 0.25) is 0 Å². The number of piperazine rings is 1. The third-order valence-corrected chi connectivity index (χ3v) is 5.63. The third kappa shape index (κ3) is 4.31. The lowest BCUT2D eigenvalue weighted by atomic mass is 9.98. The summed E-state index contributed by atoms with van der Waals surface area (Å²) in [6.45, 7) is 1.69. The monoisotopic (exact) mass is 391 g/mol. The van der Waals surface area contributed by atoms with Crippen molar-refractivity contribution in [1.29, 1.82) is 0 Å². The van der Waals surface area contributed by atoms with Gasteiger partial charge in [0.15, 0.2) is 0 Å². The maximum absolute atomic E-state index is 12.8. The van der Waals surface area contributed by atoms with Crippen LogP contribution in [0.1, 0.15) is 40.7 Å². The first-order chi connectivity index (χ1) is 14.1. The molecule has 1 N–H and O–H groups in total. The molecule has 3 amide bonds. The summed E-state index contributed by atoms with van der Waals surface area (Å²) in [7, 11) is 0. The summed E-state index contributed by atoms with van der Waals surface area (Å²) in [6, 6.07) is 16.7. The molecule has 2 saturated heterocycles. The molecule has 6 heteroatoms. The van der Waals surface area contributed by atoms with Gasteiger partial charge >= 0.3 is 0 Å². The maximum Gasteiger partial charge on any atom is 0.251 e. The van der Waals surface area contributed by atoms with Crippen LogP contribution in [0.5, 0.6) is 0 Å². The Balaban J connectivity index is 1.36. The van der Waals surface area contributed by atoms with Crippen LogP contribution >= 0.6 is 0 Å². The van der Waals surface area contributed by atoms with E-state index in [9.17, 15) is 14.4 Å². The van der Waals surface area contributed by atoms with E-state index in [1.165, 1.54) is 0 Å². The van der Waals surface area contributed by atoms with E-state index in [-0.39, 0.29) is 30.3 Å². The number of piperidine rings is 1. The highest BCUT2D eigenvalue weighted by molar-refractivity contribution is 5.95. The van der Waals surface area contributed by atoms with Gasteiger partial charge in [0, 0.05) is 25.2 Å². The molecule has 150 valence electrons. The van der Waals surface area contributed by atoms with Crippen molar-refractivity contribution >= 4 is 17.7 Å². The average Bonchev–Trinajstić information content (AvgIpc) is 2.77. The van der Waals surface area contributed by atoms with Crippen molar-refractivity contribution in [2.75, 3.05) is 13.1 Å². The van der Waals surface area contributed by atoms with Gasteiger partial charge in [-0.3, -0.25) is 14.4 Å². The second kappa shape index (κ2) is 8.47. The Hall–Kier alpha value is -3.15. The fraction of sp³-hybridized carbons (Fsp3) is 0.348. The Morgan fingerprint density at radius 1 is 0.966 bits per heavy atom. The van der Waals surface area contributed by atoms with E-state index in [1.807, 2.05) is 42.5 Å². The Morgan fingerprint density at radius 2 is 1.72 bits per heavy atom. The lowest BCUT2D eigenvalue weighted by Crippen LogP contribution is -2.60. The molecule has 0 saturated carbocycles. The minimum atomic E-state index is -0.298. The van der Waals surface area contributed by atoms with Crippen LogP contribution in [0, 0.1) is 0 Å². The number of nitrogens with zero attached hydrogens (tertiary/aromatic N) is 2. The number of benzene rings is 2. The fourth-order valence-corrected chi connectivity index (χ4v) is 4.03. The number of rotatable bonds is 5. The van der Waals surface area contributed by atoms with Gasteiger partial charge < -0.3 is 15.1 Å². The molecule has 29 heavy (non-hydrogen) atoms. The summed E-state index contributed by atoms with van der Waals surface area (Å²) in [6.07, 6.45) is 2.71. The Kier molecular flexibility index (Phi) is 5.60. The first kappa shape index (κ1) is 19.2. The van der Waals surface area contributed by atoms with Crippen molar-refractivity contribution in [2.24, 2.45) is 0 Å². The van der Waals surface area contributed by atoms with Gasteiger partial charge in [-0.1, -0.05) is 42.5 Å². The van der Waals surface area contributed by atoms with Gasteiger partial charge in [0.05, 0.1) is 0 Å². The predicted octanol–water partition coefficient (Wildman–Crippen LogP) is 2.34. The molecule has 0 aliphatic carbocycles. The van der Waals surface area contributed by atoms with Crippen molar-refractivity contribution in [3.8, 4) is 0 Å². The van der Waals surface area contributed by atoms with E-state index in [0.29, 0.717) is 25.2 Å². The van der Waals surface area contributed by atoms with Crippen LogP contribution in [0.4, 0.5) is 0 Å². The summed E-state index contributed by atoms with van der Waals surface area (Å²) in [5.74, 6) is -0.0670. The second-order valence-corrected chi connectivity index (χ2v) is 7.66. The molecule has 2 fully saturated rings. The maximum atomic E-state index is 12.8. The molecule has 2 aliphatic rings. The molecule has 0 unspecified atom stereocenters. The van der Waals surface area contributed by atoms with Crippen LogP contribution in [-0.2, 0) is 22.7 Å². The highest BCUT2D eigenvalue weighted by Crippen LogP contribution is 2.24. The molecule has 2 aromatic carbocycles.